The van der Waals surface area contributed by atoms with E-state index in [4.69, 9.17) is 21.4 Å². The average molecular weight is 403 g/mol. The maximum absolute atomic E-state index is 12.4. The van der Waals surface area contributed by atoms with Crippen LogP contribution in [-0.4, -0.2) is 23.1 Å². The molecule has 0 aliphatic heterocycles. The Balaban J connectivity index is 1.47. The molecular weight excluding hydrogens is 386 g/mol. The van der Waals surface area contributed by atoms with Crippen molar-refractivity contribution >= 4 is 40.0 Å². The predicted molar refractivity (Wildman–Crippen MR) is 116 cm³/mol. The molecule has 0 aliphatic carbocycles. The van der Waals surface area contributed by atoms with Crippen molar-refractivity contribution in [2.75, 3.05) is 12.4 Å². The number of aromatic nitrogens is 1. The van der Waals surface area contributed by atoms with Crippen molar-refractivity contribution in [3.8, 4) is 17.2 Å². The van der Waals surface area contributed by atoms with Gasteiger partial charge in [-0.2, -0.15) is 0 Å². The van der Waals surface area contributed by atoms with Gasteiger partial charge in [0, 0.05) is 16.8 Å². The van der Waals surface area contributed by atoms with Crippen molar-refractivity contribution in [3.63, 3.8) is 0 Å². The third kappa shape index (κ3) is 4.25. The van der Waals surface area contributed by atoms with E-state index in [9.17, 15) is 4.79 Å². The van der Waals surface area contributed by atoms with E-state index < -0.39 is 0 Å². The Morgan fingerprint density at radius 1 is 1.03 bits per heavy atom. The maximum Gasteiger partial charge on any atom is 0.257 e. The molecule has 0 fully saturated rings. The predicted octanol–water partition coefficient (Wildman–Crippen LogP) is 4.63. The van der Waals surface area contributed by atoms with Gasteiger partial charge in [0.25, 0.3) is 5.91 Å². The highest BCUT2D eigenvalue weighted by Gasteiger charge is 2.11. The second-order valence-corrected chi connectivity index (χ2v) is 6.62. The summed E-state index contributed by atoms with van der Waals surface area (Å²) in [5.41, 5.74) is 3.48. The van der Waals surface area contributed by atoms with Crippen LogP contribution in [0.1, 0.15) is 10.4 Å². The number of methoxy groups -OCH3 is 1. The number of nitrogens with one attached hydrogen (secondary N) is 2. The zero-order valence-corrected chi connectivity index (χ0v) is 16.3. The highest BCUT2D eigenvalue weighted by Crippen LogP contribution is 2.26. The molecule has 0 saturated heterocycles. The molecule has 144 valence electrons. The molecular formula is C22H17N3O3S. The van der Waals surface area contributed by atoms with Gasteiger partial charge in [-0.25, -0.2) is 4.98 Å². The van der Waals surface area contributed by atoms with Crippen LogP contribution in [0.2, 0.25) is 0 Å². The highest BCUT2D eigenvalue weighted by molar-refractivity contribution is 7.80. The minimum atomic E-state index is -0.323. The Morgan fingerprint density at radius 2 is 1.86 bits per heavy atom. The summed E-state index contributed by atoms with van der Waals surface area (Å²) in [6.45, 7) is 0. The molecule has 1 heterocycles. The van der Waals surface area contributed by atoms with E-state index in [1.54, 1.807) is 31.4 Å². The number of hydrogen-bond donors (Lipinski definition) is 2. The number of thiocarbonyl (C=S) groups is 1. The molecule has 2 N–H and O–H groups in total. The van der Waals surface area contributed by atoms with Gasteiger partial charge in [-0.05, 0) is 60.7 Å². The Hall–Kier alpha value is -3.71. The normalized spacial score (nSPS) is 10.5. The number of hydrogen-bond acceptors (Lipinski definition) is 5. The lowest BCUT2D eigenvalue weighted by Gasteiger charge is -2.10. The quantitative estimate of drug-likeness (QED) is 0.484. The van der Waals surface area contributed by atoms with Crippen LogP contribution in [0, 0.1) is 0 Å². The van der Waals surface area contributed by atoms with E-state index in [0.717, 1.165) is 16.7 Å². The van der Waals surface area contributed by atoms with E-state index in [1.807, 2.05) is 48.5 Å². The third-order valence-electron chi connectivity index (χ3n) is 4.22. The zero-order valence-electron chi connectivity index (χ0n) is 15.5. The summed E-state index contributed by atoms with van der Waals surface area (Å²) < 4.78 is 10.9. The van der Waals surface area contributed by atoms with Gasteiger partial charge >= 0.3 is 0 Å². The van der Waals surface area contributed by atoms with Crippen molar-refractivity contribution in [1.29, 1.82) is 0 Å². The molecule has 0 radical (unpaired) electrons. The van der Waals surface area contributed by atoms with Gasteiger partial charge < -0.3 is 14.5 Å². The number of anilines is 1. The Bertz CT molecular complexity index is 1170. The van der Waals surface area contributed by atoms with Crippen LogP contribution in [0.5, 0.6) is 5.75 Å². The number of carbonyl (C=O) groups excluding carboxylic acids is 1. The molecule has 7 heteroatoms. The Kier molecular flexibility index (Phi) is 5.22. The lowest BCUT2D eigenvalue weighted by Crippen LogP contribution is -2.34. The van der Waals surface area contributed by atoms with Crippen LogP contribution in [0.3, 0.4) is 0 Å². The first kappa shape index (κ1) is 18.6. The molecule has 6 nitrogen and oxygen atoms in total. The fourth-order valence-electron chi connectivity index (χ4n) is 2.83. The van der Waals surface area contributed by atoms with Crippen LogP contribution in [0.15, 0.2) is 77.2 Å². The lowest BCUT2D eigenvalue weighted by atomic mass is 10.2. The molecule has 29 heavy (non-hydrogen) atoms. The van der Waals surface area contributed by atoms with Crippen LogP contribution in [0.4, 0.5) is 5.69 Å². The van der Waals surface area contributed by atoms with Crippen molar-refractivity contribution < 1.29 is 13.9 Å². The minimum Gasteiger partial charge on any atom is -0.497 e. The Labute approximate surface area is 172 Å². The number of benzene rings is 3. The van der Waals surface area contributed by atoms with Gasteiger partial charge in [0.05, 0.1) is 7.11 Å². The largest absolute Gasteiger partial charge is 0.497 e. The molecule has 4 rings (SSSR count). The SMILES string of the molecule is COc1cccc(C(=O)NC(=S)Nc2cccc(-c3nc4ccccc4o3)c2)c1. The van der Waals surface area contributed by atoms with Crippen LogP contribution < -0.4 is 15.4 Å². The maximum atomic E-state index is 12.4. The number of rotatable bonds is 4. The van der Waals surface area contributed by atoms with Crippen molar-refractivity contribution in [1.82, 2.24) is 10.3 Å². The summed E-state index contributed by atoms with van der Waals surface area (Å²) in [6, 6.07) is 21.9. The second-order valence-electron chi connectivity index (χ2n) is 6.21. The van der Waals surface area contributed by atoms with E-state index in [2.05, 4.69) is 15.6 Å². The first-order valence-corrected chi connectivity index (χ1v) is 9.25. The van der Waals surface area contributed by atoms with E-state index in [0.29, 0.717) is 22.9 Å². The van der Waals surface area contributed by atoms with Crippen molar-refractivity contribution in [2.45, 2.75) is 0 Å². The molecule has 3 aromatic carbocycles. The summed E-state index contributed by atoms with van der Waals surface area (Å²) in [7, 11) is 1.55. The van der Waals surface area contributed by atoms with Gasteiger partial charge in [-0.3, -0.25) is 10.1 Å². The number of amides is 1. The van der Waals surface area contributed by atoms with Gasteiger partial charge in [0.2, 0.25) is 5.89 Å². The summed E-state index contributed by atoms with van der Waals surface area (Å²) in [4.78, 5) is 16.9. The molecule has 0 atom stereocenters. The molecule has 0 bridgehead atoms. The van der Waals surface area contributed by atoms with E-state index >= 15 is 0 Å². The monoisotopic (exact) mass is 403 g/mol. The van der Waals surface area contributed by atoms with Crippen LogP contribution >= 0.6 is 12.2 Å². The zero-order chi connectivity index (χ0) is 20.2. The van der Waals surface area contributed by atoms with Gasteiger partial charge in [0.15, 0.2) is 10.7 Å². The molecule has 1 amide bonds. The summed E-state index contributed by atoms with van der Waals surface area (Å²) >= 11 is 5.27. The fourth-order valence-corrected chi connectivity index (χ4v) is 3.04. The van der Waals surface area contributed by atoms with Gasteiger partial charge in [-0.1, -0.05) is 24.3 Å². The molecule has 0 aliphatic rings. The van der Waals surface area contributed by atoms with Crippen LogP contribution in [0.25, 0.3) is 22.6 Å². The van der Waals surface area contributed by atoms with Crippen LogP contribution in [-0.2, 0) is 0 Å². The number of fused-ring (bicyclic) bond motifs is 1. The molecule has 0 unspecified atom stereocenters. The molecule has 0 spiro atoms. The fraction of sp³-hybridized carbons (Fsp3) is 0.0455. The van der Waals surface area contributed by atoms with Gasteiger partial charge in [0.1, 0.15) is 11.3 Å². The van der Waals surface area contributed by atoms with Crippen molar-refractivity contribution in [2.24, 2.45) is 0 Å². The summed E-state index contributed by atoms with van der Waals surface area (Å²) in [5, 5.41) is 5.86. The second kappa shape index (κ2) is 8.12. The standard InChI is InChI=1S/C22H17N3O3S/c1-27-17-9-5-6-14(13-17)20(26)25-22(29)23-16-8-4-7-15(12-16)21-24-18-10-2-3-11-19(18)28-21/h2-13H,1H3,(H2,23,25,26,29). The lowest BCUT2D eigenvalue weighted by molar-refractivity contribution is 0.0977. The average Bonchev–Trinajstić information content (AvgIpc) is 3.18. The first-order valence-electron chi connectivity index (χ1n) is 8.85. The number of para-hydroxylation sites is 2. The smallest absolute Gasteiger partial charge is 0.257 e. The summed E-state index contributed by atoms with van der Waals surface area (Å²) in [5.74, 6) is 0.792. The minimum absolute atomic E-state index is 0.188. The Morgan fingerprint density at radius 3 is 2.69 bits per heavy atom. The molecule has 0 saturated carbocycles. The van der Waals surface area contributed by atoms with Crippen molar-refractivity contribution in [3.05, 3.63) is 78.4 Å². The summed E-state index contributed by atoms with van der Waals surface area (Å²) in [6.07, 6.45) is 0. The van der Waals surface area contributed by atoms with E-state index in [1.165, 1.54) is 0 Å². The molecule has 4 aromatic rings. The highest BCUT2D eigenvalue weighted by atomic mass is 32.1. The van der Waals surface area contributed by atoms with Gasteiger partial charge in [-0.15, -0.1) is 0 Å². The third-order valence-corrected chi connectivity index (χ3v) is 4.42. The number of carbonyl (C=O) groups is 1. The number of ether oxygens (including phenoxy) is 1. The number of nitrogens with zero attached hydrogens (tertiary/aromatic N) is 1. The first-order chi connectivity index (χ1) is 14.1. The van der Waals surface area contributed by atoms with E-state index in [-0.39, 0.29) is 11.0 Å². The molecule has 1 aromatic heterocycles. The number of oxazole rings is 1. The topological polar surface area (TPSA) is 76.4 Å².